The van der Waals surface area contributed by atoms with Crippen molar-refractivity contribution in [2.75, 3.05) is 12.4 Å². The Morgan fingerprint density at radius 3 is 2.62 bits per heavy atom. The molecule has 120 valence electrons. The van der Waals surface area contributed by atoms with Gasteiger partial charge >= 0.3 is 5.63 Å². The van der Waals surface area contributed by atoms with E-state index in [1.807, 2.05) is 24.3 Å². The summed E-state index contributed by atoms with van der Waals surface area (Å²) >= 11 is 0. The van der Waals surface area contributed by atoms with Crippen LogP contribution >= 0.6 is 0 Å². The lowest BCUT2D eigenvalue weighted by atomic mass is 10.2. The second-order valence-electron chi connectivity index (χ2n) is 5.10. The van der Waals surface area contributed by atoms with Crippen LogP contribution in [0, 0.1) is 0 Å². The van der Waals surface area contributed by atoms with Crippen molar-refractivity contribution in [3.63, 3.8) is 0 Å². The van der Waals surface area contributed by atoms with Crippen LogP contribution in [-0.2, 0) is 4.79 Å². The van der Waals surface area contributed by atoms with E-state index in [-0.39, 0.29) is 5.91 Å². The van der Waals surface area contributed by atoms with Crippen molar-refractivity contribution < 1.29 is 13.9 Å². The minimum atomic E-state index is -0.401. The number of fused-ring (bicyclic) bond motifs is 1. The lowest BCUT2D eigenvalue weighted by Gasteiger charge is -2.03. The van der Waals surface area contributed by atoms with Gasteiger partial charge in [-0.05, 0) is 48.0 Å². The fourth-order valence-electron chi connectivity index (χ4n) is 2.22. The fourth-order valence-corrected chi connectivity index (χ4v) is 2.22. The van der Waals surface area contributed by atoms with Gasteiger partial charge in [-0.25, -0.2) is 4.79 Å². The molecular weight excluding hydrogens is 306 g/mol. The van der Waals surface area contributed by atoms with E-state index in [1.165, 1.54) is 12.1 Å². The van der Waals surface area contributed by atoms with Crippen LogP contribution < -0.4 is 15.7 Å². The number of methoxy groups -OCH3 is 1. The first kappa shape index (κ1) is 15.6. The molecule has 0 spiro atoms. The van der Waals surface area contributed by atoms with E-state index >= 15 is 0 Å². The Labute approximate surface area is 138 Å². The van der Waals surface area contributed by atoms with Crippen LogP contribution in [0.5, 0.6) is 5.75 Å². The zero-order chi connectivity index (χ0) is 16.9. The first-order valence-corrected chi connectivity index (χ1v) is 7.31. The molecule has 0 saturated carbocycles. The largest absolute Gasteiger partial charge is 0.497 e. The Morgan fingerprint density at radius 2 is 1.88 bits per heavy atom. The molecule has 0 aliphatic rings. The van der Waals surface area contributed by atoms with Crippen molar-refractivity contribution in [1.29, 1.82) is 0 Å². The maximum absolute atomic E-state index is 12.0. The summed E-state index contributed by atoms with van der Waals surface area (Å²) in [5.41, 5.74) is 1.60. The van der Waals surface area contributed by atoms with Crippen LogP contribution in [0.25, 0.3) is 17.0 Å². The van der Waals surface area contributed by atoms with Crippen LogP contribution in [0.3, 0.4) is 0 Å². The molecule has 0 aliphatic carbocycles. The molecule has 5 heteroatoms. The monoisotopic (exact) mass is 321 g/mol. The van der Waals surface area contributed by atoms with E-state index in [0.29, 0.717) is 11.3 Å². The van der Waals surface area contributed by atoms with Gasteiger partial charge in [0.05, 0.1) is 7.11 Å². The molecule has 1 amide bonds. The molecule has 5 nitrogen and oxygen atoms in total. The Morgan fingerprint density at radius 1 is 1.08 bits per heavy atom. The quantitative estimate of drug-likeness (QED) is 0.590. The molecule has 24 heavy (non-hydrogen) atoms. The third-order valence-corrected chi connectivity index (χ3v) is 3.43. The molecule has 1 aromatic heterocycles. The number of hydrogen-bond donors (Lipinski definition) is 1. The number of amides is 1. The minimum absolute atomic E-state index is 0.248. The van der Waals surface area contributed by atoms with Crippen molar-refractivity contribution in [2.45, 2.75) is 0 Å². The Balaban J connectivity index is 1.70. The first-order chi connectivity index (χ1) is 11.6. The summed E-state index contributed by atoms with van der Waals surface area (Å²) in [6.07, 6.45) is 3.17. The SMILES string of the molecule is COc1ccc(/C=C/C(=O)Nc2ccc3oc(=O)ccc3c2)cc1. The summed E-state index contributed by atoms with van der Waals surface area (Å²) in [6.45, 7) is 0. The number of carbonyl (C=O) groups is 1. The van der Waals surface area contributed by atoms with Gasteiger partial charge in [0.15, 0.2) is 0 Å². The van der Waals surface area contributed by atoms with Crippen LogP contribution in [0.2, 0.25) is 0 Å². The van der Waals surface area contributed by atoms with Crippen molar-refractivity contribution in [3.05, 3.63) is 76.7 Å². The molecule has 0 radical (unpaired) electrons. The van der Waals surface area contributed by atoms with E-state index in [4.69, 9.17) is 9.15 Å². The Hall–Kier alpha value is -3.34. The Bertz CT molecular complexity index is 955. The molecule has 1 N–H and O–H groups in total. The average Bonchev–Trinajstić information content (AvgIpc) is 2.60. The van der Waals surface area contributed by atoms with Crippen molar-refractivity contribution in [1.82, 2.24) is 0 Å². The van der Waals surface area contributed by atoms with Gasteiger partial charge in [0.25, 0.3) is 0 Å². The van der Waals surface area contributed by atoms with E-state index in [1.54, 1.807) is 37.5 Å². The van der Waals surface area contributed by atoms with Gasteiger partial charge in [0.1, 0.15) is 11.3 Å². The fraction of sp³-hybridized carbons (Fsp3) is 0.0526. The molecule has 3 aromatic rings. The molecule has 0 fully saturated rings. The number of anilines is 1. The third-order valence-electron chi connectivity index (χ3n) is 3.43. The molecular formula is C19H15NO4. The van der Waals surface area contributed by atoms with Crippen LogP contribution in [0.15, 0.2) is 69.9 Å². The predicted molar refractivity (Wildman–Crippen MR) is 93.1 cm³/mol. The summed E-state index contributed by atoms with van der Waals surface area (Å²) in [4.78, 5) is 23.2. The standard InChI is InChI=1S/C19H15NO4/c1-23-16-7-2-13(3-8-16)4-10-18(21)20-15-6-9-17-14(12-15)5-11-19(22)24-17/h2-12H,1H3,(H,20,21)/b10-4+. The number of nitrogens with one attached hydrogen (secondary N) is 1. The summed E-state index contributed by atoms with van der Waals surface area (Å²) in [5.74, 6) is 0.516. The number of hydrogen-bond acceptors (Lipinski definition) is 4. The zero-order valence-corrected chi connectivity index (χ0v) is 13.0. The van der Waals surface area contributed by atoms with Crippen LogP contribution in [0.1, 0.15) is 5.56 Å². The van der Waals surface area contributed by atoms with Gasteiger partial charge in [-0.1, -0.05) is 12.1 Å². The smallest absolute Gasteiger partial charge is 0.336 e. The Kier molecular flexibility index (Phi) is 4.43. The van der Waals surface area contributed by atoms with E-state index in [2.05, 4.69) is 5.32 Å². The zero-order valence-electron chi connectivity index (χ0n) is 13.0. The lowest BCUT2D eigenvalue weighted by molar-refractivity contribution is -0.111. The number of benzene rings is 2. The maximum Gasteiger partial charge on any atom is 0.336 e. The number of ether oxygens (including phenoxy) is 1. The minimum Gasteiger partial charge on any atom is -0.497 e. The molecule has 2 aromatic carbocycles. The summed E-state index contributed by atoms with van der Waals surface area (Å²) in [5, 5.41) is 3.51. The summed E-state index contributed by atoms with van der Waals surface area (Å²) < 4.78 is 10.1. The topological polar surface area (TPSA) is 68.5 Å². The summed E-state index contributed by atoms with van der Waals surface area (Å²) in [6, 6.07) is 15.5. The predicted octanol–water partition coefficient (Wildman–Crippen LogP) is 3.45. The average molecular weight is 321 g/mol. The molecule has 0 bridgehead atoms. The second kappa shape index (κ2) is 6.83. The van der Waals surface area contributed by atoms with Gasteiger partial charge in [-0.3, -0.25) is 4.79 Å². The van der Waals surface area contributed by atoms with Gasteiger partial charge in [0.2, 0.25) is 5.91 Å². The molecule has 0 unspecified atom stereocenters. The molecule has 0 atom stereocenters. The summed E-state index contributed by atoms with van der Waals surface area (Å²) in [7, 11) is 1.60. The van der Waals surface area contributed by atoms with Crippen molar-refractivity contribution >= 4 is 28.6 Å². The van der Waals surface area contributed by atoms with Gasteiger partial charge in [-0.2, -0.15) is 0 Å². The highest BCUT2D eigenvalue weighted by Crippen LogP contribution is 2.18. The molecule has 3 rings (SSSR count). The van der Waals surface area contributed by atoms with E-state index in [9.17, 15) is 9.59 Å². The number of rotatable bonds is 4. The lowest BCUT2D eigenvalue weighted by Crippen LogP contribution is -2.07. The third kappa shape index (κ3) is 3.70. The van der Waals surface area contributed by atoms with Gasteiger partial charge in [0, 0.05) is 23.2 Å². The normalized spacial score (nSPS) is 10.9. The van der Waals surface area contributed by atoms with Crippen LogP contribution in [-0.4, -0.2) is 13.0 Å². The molecule has 0 saturated heterocycles. The van der Waals surface area contributed by atoms with Crippen LogP contribution in [0.4, 0.5) is 5.69 Å². The molecule has 0 aliphatic heterocycles. The van der Waals surface area contributed by atoms with E-state index < -0.39 is 5.63 Å². The molecule has 1 heterocycles. The first-order valence-electron chi connectivity index (χ1n) is 7.31. The number of carbonyl (C=O) groups excluding carboxylic acids is 1. The second-order valence-corrected chi connectivity index (χ2v) is 5.10. The van der Waals surface area contributed by atoms with E-state index in [0.717, 1.165) is 16.7 Å². The van der Waals surface area contributed by atoms with Gasteiger partial charge in [-0.15, -0.1) is 0 Å². The van der Waals surface area contributed by atoms with Crippen molar-refractivity contribution in [2.24, 2.45) is 0 Å². The van der Waals surface area contributed by atoms with Gasteiger partial charge < -0.3 is 14.5 Å². The highest BCUT2D eigenvalue weighted by atomic mass is 16.5. The highest BCUT2D eigenvalue weighted by Gasteiger charge is 2.02. The van der Waals surface area contributed by atoms with Crippen molar-refractivity contribution in [3.8, 4) is 5.75 Å². The maximum atomic E-state index is 12.0. The highest BCUT2D eigenvalue weighted by molar-refractivity contribution is 6.02.